The van der Waals surface area contributed by atoms with Crippen molar-refractivity contribution in [2.45, 2.75) is 50.7 Å². The number of ether oxygens (including phenoxy) is 2. The molecule has 0 aliphatic heterocycles. The van der Waals surface area contributed by atoms with Crippen molar-refractivity contribution in [1.29, 1.82) is 0 Å². The summed E-state index contributed by atoms with van der Waals surface area (Å²) in [4.78, 5) is 0. The first kappa shape index (κ1) is 14.9. The lowest BCUT2D eigenvalue weighted by Crippen LogP contribution is -2.17. The third-order valence-electron chi connectivity index (χ3n) is 3.79. The average Bonchev–Trinajstić information content (AvgIpc) is 2.73. The van der Waals surface area contributed by atoms with Crippen LogP contribution in [-0.2, 0) is 4.74 Å². The molecule has 3 heteroatoms. The van der Waals surface area contributed by atoms with E-state index in [2.05, 4.69) is 28.1 Å². The third-order valence-corrected chi connectivity index (χ3v) is 4.37. The standard InChI is InChI=1S/C16H23BrO2/c1-18-14-10-8-13(9-11-14)16(12-17)19-15-6-4-2-3-5-7-15/h8-11,15-16H,2-7,12H2,1H3. The van der Waals surface area contributed by atoms with Gasteiger partial charge in [-0.2, -0.15) is 0 Å². The molecule has 1 aliphatic carbocycles. The van der Waals surface area contributed by atoms with Gasteiger partial charge in [0.05, 0.1) is 19.3 Å². The summed E-state index contributed by atoms with van der Waals surface area (Å²) < 4.78 is 11.5. The predicted octanol–water partition coefficient (Wildman–Crippen LogP) is 4.87. The third kappa shape index (κ3) is 4.50. The normalized spacial score (nSPS) is 18.8. The molecular formula is C16H23BrO2. The van der Waals surface area contributed by atoms with Gasteiger partial charge in [0.1, 0.15) is 5.75 Å². The van der Waals surface area contributed by atoms with Crippen molar-refractivity contribution in [3.8, 4) is 5.75 Å². The molecule has 1 atom stereocenters. The van der Waals surface area contributed by atoms with Crippen LogP contribution >= 0.6 is 15.9 Å². The molecule has 1 aromatic carbocycles. The topological polar surface area (TPSA) is 18.5 Å². The maximum atomic E-state index is 6.29. The SMILES string of the molecule is COc1ccc(C(CBr)OC2CCCCCC2)cc1. The van der Waals surface area contributed by atoms with Gasteiger partial charge in [-0.25, -0.2) is 0 Å². The van der Waals surface area contributed by atoms with Crippen LogP contribution in [-0.4, -0.2) is 18.5 Å². The number of hydrogen-bond donors (Lipinski definition) is 0. The average molecular weight is 327 g/mol. The second-order valence-electron chi connectivity index (χ2n) is 5.17. The lowest BCUT2D eigenvalue weighted by Gasteiger charge is -2.23. The molecule has 2 nitrogen and oxygen atoms in total. The minimum absolute atomic E-state index is 0.147. The first-order chi connectivity index (χ1) is 9.33. The lowest BCUT2D eigenvalue weighted by molar-refractivity contribution is -0.00792. The molecule has 0 N–H and O–H groups in total. The Morgan fingerprint density at radius 1 is 1.11 bits per heavy atom. The van der Waals surface area contributed by atoms with Crippen LogP contribution in [0.2, 0.25) is 0 Å². The summed E-state index contributed by atoms with van der Waals surface area (Å²) in [6.45, 7) is 0. The molecule has 2 rings (SSSR count). The molecule has 1 aromatic rings. The molecule has 1 aliphatic rings. The predicted molar refractivity (Wildman–Crippen MR) is 82.1 cm³/mol. The number of methoxy groups -OCH3 is 1. The molecule has 0 amide bonds. The zero-order chi connectivity index (χ0) is 13.5. The lowest BCUT2D eigenvalue weighted by atomic mass is 10.1. The van der Waals surface area contributed by atoms with Crippen LogP contribution in [0.4, 0.5) is 0 Å². The fourth-order valence-corrected chi connectivity index (χ4v) is 3.16. The largest absolute Gasteiger partial charge is 0.497 e. The molecule has 0 aromatic heterocycles. The van der Waals surface area contributed by atoms with Crippen LogP contribution in [0.3, 0.4) is 0 Å². The van der Waals surface area contributed by atoms with Gasteiger partial charge in [-0.1, -0.05) is 53.7 Å². The molecule has 106 valence electrons. The van der Waals surface area contributed by atoms with E-state index in [1.54, 1.807) is 7.11 Å². The summed E-state index contributed by atoms with van der Waals surface area (Å²) in [5.41, 5.74) is 1.22. The zero-order valence-electron chi connectivity index (χ0n) is 11.6. The Balaban J connectivity index is 1.97. The van der Waals surface area contributed by atoms with E-state index in [1.807, 2.05) is 12.1 Å². The van der Waals surface area contributed by atoms with Gasteiger partial charge in [0.15, 0.2) is 0 Å². The van der Waals surface area contributed by atoms with E-state index >= 15 is 0 Å². The summed E-state index contributed by atoms with van der Waals surface area (Å²) in [5.74, 6) is 0.895. The van der Waals surface area contributed by atoms with Gasteiger partial charge < -0.3 is 9.47 Å². The smallest absolute Gasteiger partial charge is 0.118 e. The number of alkyl halides is 1. The van der Waals surface area contributed by atoms with Gasteiger partial charge in [-0.05, 0) is 30.5 Å². The Morgan fingerprint density at radius 2 is 1.74 bits per heavy atom. The van der Waals surface area contributed by atoms with E-state index < -0.39 is 0 Å². The van der Waals surface area contributed by atoms with Crippen LogP contribution < -0.4 is 4.74 Å². The summed E-state index contributed by atoms with van der Waals surface area (Å²) in [7, 11) is 1.69. The minimum atomic E-state index is 0.147. The van der Waals surface area contributed by atoms with E-state index in [4.69, 9.17) is 9.47 Å². The van der Waals surface area contributed by atoms with Gasteiger partial charge in [0.2, 0.25) is 0 Å². The molecule has 19 heavy (non-hydrogen) atoms. The second-order valence-corrected chi connectivity index (χ2v) is 5.81. The van der Waals surface area contributed by atoms with E-state index in [1.165, 1.54) is 44.1 Å². The van der Waals surface area contributed by atoms with Crippen molar-refractivity contribution in [1.82, 2.24) is 0 Å². The van der Waals surface area contributed by atoms with Gasteiger partial charge in [-0.15, -0.1) is 0 Å². The molecule has 0 saturated heterocycles. The Kier molecular flexibility index (Phi) is 6.18. The Bertz CT molecular complexity index is 356. The fourth-order valence-electron chi connectivity index (χ4n) is 2.63. The van der Waals surface area contributed by atoms with Crippen molar-refractivity contribution in [2.75, 3.05) is 12.4 Å². The van der Waals surface area contributed by atoms with E-state index in [0.29, 0.717) is 6.10 Å². The highest BCUT2D eigenvalue weighted by Crippen LogP contribution is 2.28. The van der Waals surface area contributed by atoms with E-state index in [0.717, 1.165) is 11.1 Å². The highest BCUT2D eigenvalue weighted by atomic mass is 79.9. The summed E-state index contributed by atoms with van der Waals surface area (Å²) in [6, 6.07) is 8.20. The second kappa shape index (κ2) is 7.91. The van der Waals surface area contributed by atoms with Crippen molar-refractivity contribution in [3.05, 3.63) is 29.8 Å². The first-order valence-electron chi connectivity index (χ1n) is 7.19. The quantitative estimate of drug-likeness (QED) is 0.567. The molecule has 1 saturated carbocycles. The minimum Gasteiger partial charge on any atom is -0.497 e. The highest BCUT2D eigenvalue weighted by molar-refractivity contribution is 9.09. The fraction of sp³-hybridized carbons (Fsp3) is 0.625. The number of halogens is 1. The molecule has 1 fully saturated rings. The Labute approximate surface area is 124 Å². The van der Waals surface area contributed by atoms with Crippen LogP contribution in [0.15, 0.2) is 24.3 Å². The van der Waals surface area contributed by atoms with Crippen LogP contribution in [0.5, 0.6) is 5.75 Å². The van der Waals surface area contributed by atoms with Crippen molar-refractivity contribution >= 4 is 15.9 Å². The Morgan fingerprint density at radius 3 is 2.26 bits per heavy atom. The number of hydrogen-bond acceptors (Lipinski definition) is 2. The maximum Gasteiger partial charge on any atom is 0.118 e. The van der Waals surface area contributed by atoms with Crippen molar-refractivity contribution < 1.29 is 9.47 Å². The monoisotopic (exact) mass is 326 g/mol. The summed E-state index contributed by atoms with van der Waals surface area (Å²) >= 11 is 3.58. The van der Waals surface area contributed by atoms with Crippen molar-refractivity contribution in [3.63, 3.8) is 0 Å². The molecule has 1 unspecified atom stereocenters. The van der Waals surface area contributed by atoms with Crippen LogP contribution in [0, 0.1) is 0 Å². The molecule has 0 heterocycles. The zero-order valence-corrected chi connectivity index (χ0v) is 13.2. The van der Waals surface area contributed by atoms with Crippen molar-refractivity contribution in [2.24, 2.45) is 0 Å². The van der Waals surface area contributed by atoms with Gasteiger partial charge >= 0.3 is 0 Å². The molecule has 0 bridgehead atoms. The molecular weight excluding hydrogens is 304 g/mol. The maximum absolute atomic E-state index is 6.29. The number of rotatable bonds is 5. The van der Waals surface area contributed by atoms with Gasteiger partial charge in [0, 0.05) is 5.33 Å². The van der Waals surface area contributed by atoms with Crippen LogP contribution in [0.1, 0.15) is 50.2 Å². The number of benzene rings is 1. The van der Waals surface area contributed by atoms with Crippen LogP contribution in [0.25, 0.3) is 0 Å². The summed E-state index contributed by atoms with van der Waals surface area (Å²) in [6.07, 6.45) is 8.33. The highest BCUT2D eigenvalue weighted by Gasteiger charge is 2.19. The Hall–Kier alpha value is -0.540. The van der Waals surface area contributed by atoms with Gasteiger partial charge in [-0.3, -0.25) is 0 Å². The molecule has 0 spiro atoms. The summed E-state index contributed by atoms with van der Waals surface area (Å²) in [5, 5.41) is 0.843. The van der Waals surface area contributed by atoms with Gasteiger partial charge in [0.25, 0.3) is 0 Å². The van der Waals surface area contributed by atoms with E-state index in [9.17, 15) is 0 Å². The van der Waals surface area contributed by atoms with E-state index in [-0.39, 0.29) is 6.10 Å². The first-order valence-corrected chi connectivity index (χ1v) is 8.31. The molecule has 0 radical (unpaired) electrons.